The van der Waals surface area contributed by atoms with Crippen molar-refractivity contribution in [3.05, 3.63) is 47.5 Å². The van der Waals surface area contributed by atoms with Crippen LogP contribution in [0.3, 0.4) is 0 Å². The van der Waals surface area contributed by atoms with Crippen LogP contribution < -0.4 is 0 Å². The number of aryl methyl sites for hydroxylation is 1. The molecule has 0 radical (unpaired) electrons. The van der Waals surface area contributed by atoms with Crippen molar-refractivity contribution in [3.63, 3.8) is 0 Å². The van der Waals surface area contributed by atoms with E-state index in [-0.39, 0.29) is 0 Å². The highest BCUT2D eigenvalue weighted by molar-refractivity contribution is 5.86. The second-order valence-corrected chi connectivity index (χ2v) is 4.24. The van der Waals surface area contributed by atoms with Crippen molar-refractivity contribution in [2.45, 2.75) is 19.4 Å². The molecule has 1 aliphatic heterocycles. The minimum atomic E-state index is 0.467. The molecule has 1 aliphatic rings. The topological polar surface area (TPSA) is 12.5 Å². The van der Waals surface area contributed by atoms with Gasteiger partial charge in [0.2, 0.25) is 0 Å². The number of benzene rings is 2. The van der Waals surface area contributed by atoms with E-state index in [9.17, 15) is 0 Å². The maximum absolute atomic E-state index is 5.32. The van der Waals surface area contributed by atoms with Gasteiger partial charge >= 0.3 is 0 Å². The van der Waals surface area contributed by atoms with Crippen LogP contribution in [0, 0.1) is 6.92 Å². The Kier molecular flexibility index (Phi) is 2.00. The van der Waals surface area contributed by atoms with Gasteiger partial charge in [0.15, 0.2) is 0 Å². The van der Waals surface area contributed by atoms with Crippen molar-refractivity contribution in [1.29, 1.82) is 0 Å². The van der Waals surface area contributed by atoms with Crippen LogP contribution in [0.15, 0.2) is 36.4 Å². The van der Waals surface area contributed by atoms with E-state index < -0.39 is 0 Å². The molecule has 1 heteroatoms. The molecule has 15 heavy (non-hydrogen) atoms. The lowest BCUT2D eigenvalue weighted by molar-refractivity contribution is 0.408. The van der Waals surface area contributed by atoms with Crippen molar-refractivity contribution < 1.29 is 4.74 Å². The first-order chi connectivity index (χ1) is 7.34. The second-order valence-electron chi connectivity index (χ2n) is 4.24. The lowest BCUT2D eigenvalue weighted by Crippen LogP contribution is -1.97. The maximum atomic E-state index is 5.32. The molecule has 1 fully saturated rings. The van der Waals surface area contributed by atoms with Crippen LogP contribution >= 0.6 is 0 Å². The van der Waals surface area contributed by atoms with Crippen molar-refractivity contribution in [3.8, 4) is 0 Å². The van der Waals surface area contributed by atoms with Crippen LogP contribution in [-0.4, -0.2) is 12.7 Å². The molecule has 0 bridgehead atoms. The smallest absolute Gasteiger partial charge is 0.0850 e. The van der Waals surface area contributed by atoms with Gasteiger partial charge in [-0.15, -0.1) is 0 Å². The van der Waals surface area contributed by atoms with Gasteiger partial charge in [0.05, 0.1) is 12.7 Å². The minimum Gasteiger partial charge on any atom is -0.373 e. The van der Waals surface area contributed by atoms with E-state index in [4.69, 9.17) is 4.74 Å². The van der Waals surface area contributed by atoms with Gasteiger partial charge in [0, 0.05) is 6.42 Å². The molecule has 3 rings (SSSR count). The molecule has 0 aromatic heterocycles. The van der Waals surface area contributed by atoms with E-state index >= 15 is 0 Å². The normalized spacial score (nSPS) is 19.4. The van der Waals surface area contributed by atoms with Crippen molar-refractivity contribution >= 4 is 10.8 Å². The molecule has 0 spiro atoms. The highest BCUT2D eigenvalue weighted by Crippen LogP contribution is 2.26. The lowest BCUT2D eigenvalue weighted by Gasteiger charge is -2.08. The molecule has 2 aromatic rings. The Morgan fingerprint density at radius 1 is 1.20 bits per heavy atom. The fourth-order valence-corrected chi connectivity index (χ4v) is 2.13. The fraction of sp³-hybridized carbons (Fsp3) is 0.286. The van der Waals surface area contributed by atoms with Gasteiger partial charge in [-0.25, -0.2) is 0 Å². The number of fused-ring (bicyclic) bond motifs is 1. The third-order valence-corrected chi connectivity index (χ3v) is 3.11. The summed E-state index contributed by atoms with van der Waals surface area (Å²) in [4.78, 5) is 0. The Balaban J connectivity index is 2.18. The molecule has 0 amide bonds. The van der Waals surface area contributed by atoms with Crippen LogP contribution in [0.25, 0.3) is 10.8 Å². The number of epoxide rings is 1. The summed E-state index contributed by atoms with van der Waals surface area (Å²) in [5.74, 6) is 0. The third kappa shape index (κ3) is 1.64. The Bertz CT molecular complexity index is 498. The molecule has 2 aromatic carbocycles. The number of hydrogen-bond acceptors (Lipinski definition) is 1. The van der Waals surface area contributed by atoms with Crippen molar-refractivity contribution in [2.75, 3.05) is 6.61 Å². The summed E-state index contributed by atoms with van der Waals surface area (Å²) in [5.41, 5.74) is 2.83. The SMILES string of the molecule is Cc1ccc2ccccc2c1CC1CO1. The van der Waals surface area contributed by atoms with Crippen molar-refractivity contribution in [2.24, 2.45) is 0 Å². The van der Waals surface area contributed by atoms with Gasteiger partial charge in [-0.05, 0) is 28.8 Å². The van der Waals surface area contributed by atoms with Gasteiger partial charge in [0.25, 0.3) is 0 Å². The van der Waals surface area contributed by atoms with Crippen LogP contribution in [0.1, 0.15) is 11.1 Å². The predicted octanol–water partition coefficient (Wildman–Crippen LogP) is 3.09. The van der Waals surface area contributed by atoms with Crippen LogP contribution in [-0.2, 0) is 11.2 Å². The van der Waals surface area contributed by atoms with Gasteiger partial charge in [-0.2, -0.15) is 0 Å². The molecule has 0 saturated carbocycles. The maximum Gasteiger partial charge on any atom is 0.0850 e. The summed E-state index contributed by atoms with van der Waals surface area (Å²) in [7, 11) is 0. The quantitative estimate of drug-likeness (QED) is 0.675. The first kappa shape index (κ1) is 8.93. The number of ether oxygens (including phenoxy) is 1. The molecule has 0 N–H and O–H groups in total. The molecule has 0 aliphatic carbocycles. The zero-order chi connectivity index (χ0) is 10.3. The van der Waals surface area contributed by atoms with E-state index in [0.717, 1.165) is 13.0 Å². The summed E-state index contributed by atoms with van der Waals surface area (Å²) in [6, 6.07) is 13.0. The molecular weight excluding hydrogens is 184 g/mol. The lowest BCUT2D eigenvalue weighted by atomic mass is 9.96. The Hall–Kier alpha value is -1.34. The monoisotopic (exact) mass is 198 g/mol. The van der Waals surface area contributed by atoms with Gasteiger partial charge < -0.3 is 4.74 Å². The first-order valence-electron chi connectivity index (χ1n) is 5.43. The first-order valence-corrected chi connectivity index (χ1v) is 5.43. The molecule has 1 heterocycles. The standard InChI is InChI=1S/C14H14O/c1-10-6-7-11-4-2-3-5-13(11)14(10)8-12-9-15-12/h2-7,12H,8-9H2,1H3. The summed E-state index contributed by atoms with van der Waals surface area (Å²) in [6.07, 6.45) is 1.53. The molecule has 76 valence electrons. The Morgan fingerprint density at radius 3 is 2.80 bits per heavy atom. The Morgan fingerprint density at radius 2 is 2.00 bits per heavy atom. The van der Waals surface area contributed by atoms with Crippen molar-refractivity contribution in [1.82, 2.24) is 0 Å². The number of hydrogen-bond donors (Lipinski definition) is 0. The third-order valence-electron chi connectivity index (χ3n) is 3.11. The Labute approximate surface area is 89.7 Å². The molecule has 1 nitrogen and oxygen atoms in total. The summed E-state index contributed by atoms with van der Waals surface area (Å²) in [6.45, 7) is 3.12. The zero-order valence-electron chi connectivity index (χ0n) is 8.86. The highest BCUT2D eigenvalue weighted by Gasteiger charge is 2.24. The summed E-state index contributed by atoms with van der Waals surface area (Å²) < 4.78 is 5.32. The van der Waals surface area contributed by atoms with Crippen LogP contribution in [0.5, 0.6) is 0 Å². The molecule has 1 unspecified atom stereocenters. The van der Waals surface area contributed by atoms with E-state index in [2.05, 4.69) is 43.3 Å². The predicted molar refractivity (Wildman–Crippen MR) is 62.1 cm³/mol. The molecule has 1 saturated heterocycles. The largest absolute Gasteiger partial charge is 0.373 e. The second kappa shape index (κ2) is 3.35. The molecule has 1 atom stereocenters. The van der Waals surface area contributed by atoms with E-state index in [1.54, 1.807) is 0 Å². The van der Waals surface area contributed by atoms with Gasteiger partial charge in [0.1, 0.15) is 0 Å². The van der Waals surface area contributed by atoms with E-state index in [1.165, 1.54) is 21.9 Å². The molecular formula is C14H14O. The summed E-state index contributed by atoms with van der Waals surface area (Å²) >= 11 is 0. The van der Waals surface area contributed by atoms with Gasteiger partial charge in [-0.3, -0.25) is 0 Å². The summed E-state index contributed by atoms with van der Waals surface area (Å²) in [5, 5.41) is 2.71. The highest BCUT2D eigenvalue weighted by atomic mass is 16.6. The zero-order valence-corrected chi connectivity index (χ0v) is 8.86. The number of rotatable bonds is 2. The van der Waals surface area contributed by atoms with Crippen LogP contribution in [0.4, 0.5) is 0 Å². The van der Waals surface area contributed by atoms with E-state index in [1.807, 2.05) is 0 Å². The van der Waals surface area contributed by atoms with E-state index in [0.29, 0.717) is 6.10 Å². The van der Waals surface area contributed by atoms with Crippen LogP contribution in [0.2, 0.25) is 0 Å². The minimum absolute atomic E-state index is 0.467. The average molecular weight is 198 g/mol. The van der Waals surface area contributed by atoms with Gasteiger partial charge in [-0.1, -0.05) is 36.4 Å². The average Bonchev–Trinajstić information content (AvgIpc) is 3.06. The fourth-order valence-electron chi connectivity index (χ4n) is 2.13.